The largest absolute Gasteiger partial charge is 0.495 e. The van der Waals surface area contributed by atoms with Crippen molar-refractivity contribution in [2.75, 3.05) is 12.4 Å². The number of halogens is 1. The molecule has 0 saturated carbocycles. The van der Waals surface area contributed by atoms with Crippen LogP contribution in [0.15, 0.2) is 85.1 Å². The van der Waals surface area contributed by atoms with Crippen LogP contribution in [0.5, 0.6) is 5.75 Å². The third-order valence-corrected chi connectivity index (χ3v) is 6.57. The van der Waals surface area contributed by atoms with Crippen molar-refractivity contribution < 1.29 is 9.53 Å². The second-order valence-electron chi connectivity index (χ2n) is 8.33. The first kappa shape index (κ1) is 22.1. The maximum absolute atomic E-state index is 13.9. The molecule has 1 aliphatic heterocycles. The van der Waals surface area contributed by atoms with Gasteiger partial charge in [0.05, 0.1) is 31.1 Å². The number of hydrogen-bond donors (Lipinski definition) is 1. The Hall–Kier alpha value is -3.70. The van der Waals surface area contributed by atoms with E-state index in [-0.39, 0.29) is 12.1 Å². The fourth-order valence-electron chi connectivity index (χ4n) is 4.59. The number of methoxy groups -OCH3 is 1. The number of benzene rings is 3. The monoisotopic (exact) mass is 471 g/mol. The first-order valence-corrected chi connectivity index (χ1v) is 11.7. The smallest absolute Gasteiger partial charge is 0.323 e. The lowest BCUT2D eigenvalue weighted by atomic mass is 10.00. The number of amides is 2. The van der Waals surface area contributed by atoms with E-state index in [1.165, 1.54) is 5.56 Å². The molecule has 6 heteroatoms. The lowest BCUT2D eigenvalue weighted by molar-refractivity contribution is 0.194. The van der Waals surface area contributed by atoms with E-state index in [1.807, 2.05) is 23.1 Å². The molecular weight excluding hydrogens is 446 g/mol. The highest BCUT2D eigenvalue weighted by Crippen LogP contribution is 2.37. The standard InChI is InChI=1S/C28H26ClN3O2/c1-3-19-10-12-20(13-11-19)27-25-9-6-16-31(25)24-8-5-4-7-21(24)18-32(27)28(33)30-23-17-22(29)14-15-26(23)34-2/h4-17,27H,3,18H2,1-2H3,(H,30,33)/t27-/m0/s1. The van der Waals surface area contributed by atoms with E-state index < -0.39 is 0 Å². The summed E-state index contributed by atoms with van der Waals surface area (Å²) in [6.45, 7) is 2.59. The van der Waals surface area contributed by atoms with Crippen molar-refractivity contribution in [2.24, 2.45) is 0 Å². The normalized spacial score (nSPS) is 14.7. The summed E-state index contributed by atoms with van der Waals surface area (Å²) in [6.07, 6.45) is 3.02. The average Bonchev–Trinajstić information content (AvgIpc) is 3.28. The topological polar surface area (TPSA) is 46.5 Å². The minimum atomic E-state index is -0.279. The third kappa shape index (κ3) is 4.03. The highest BCUT2D eigenvalue weighted by molar-refractivity contribution is 6.31. The van der Waals surface area contributed by atoms with Gasteiger partial charge in [0.25, 0.3) is 0 Å². The summed E-state index contributed by atoms with van der Waals surface area (Å²) in [5, 5.41) is 3.57. The first-order chi connectivity index (χ1) is 16.6. The van der Waals surface area contributed by atoms with Gasteiger partial charge in [0.15, 0.2) is 0 Å². The highest BCUT2D eigenvalue weighted by atomic mass is 35.5. The Morgan fingerprint density at radius 1 is 1.06 bits per heavy atom. The van der Waals surface area contributed by atoms with Crippen molar-refractivity contribution in [3.05, 3.63) is 112 Å². The average molecular weight is 472 g/mol. The number of aromatic nitrogens is 1. The van der Waals surface area contributed by atoms with Crippen LogP contribution in [0.4, 0.5) is 10.5 Å². The molecule has 0 aliphatic carbocycles. The lowest BCUT2D eigenvalue weighted by Crippen LogP contribution is -2.38. The predicted molar refractivity (Wildman–Crippen MR) is 136 cm³/mol. The van der Waals surface area contributed by atoms with E-state index in [2.05, 4.69) is 65.5 Å². The van der Waals surface area contributed by atoms with Gasteiger partial charge in [-0.05, 0) is 59.5 Å². The molecule has 1 aromatic heterocycles. The molecule has 0 fully saturated rings. The summed E-state index contributed by atoms with van der Waals surface area (Å²) < 4.78 is 7.64. The van der Waals surface area contributed by atoms with Gasteiger partial charge in [-0.2, -0.15) is 0 Å². The van der Waals surface area contributed by atoms with Crippen LogP contribution in [-0.2, 0) is 13.0 Å². The van der Waals surface area contributed by atoms with Crippen LogP contribution in [-0.4, -0.2) is 22.6 Å². The number of aryl methyl sites for hydroxylation is 1. The van der Waals surface area contributed by atoms with Gasteiger partial charge in [0.1, 0.15) is 5.75 Å². The molecule has 5 rings (SSSR count). The van der Waals surface area contributed by atoms with Crippen molar-refractivity contribution in [3.63, 3.8) is 0 Å². The Morgan fingerprint density at radius 2 is 1.85 bits per heavy atom. The molecule has 4 aromatic rings. The highest BCUT2D eigenvalue weighted by Gasteiger charge is 2.33. The number of urea groups is 1. The molecule has 0 radical (unpaired) electrons. The number of carbonyl (C=O) groups is 1. The summed E-state index contributed by atoms with van der Waals surface area (Å²) in [5.41, 5.74) is 6.03. The molecule has 0 saturated heterocycles. The van der Waals surface area contributed by atoms with Gasteiger partial charge in [0.2, 0.25) is 0 Å². The molecule has 0 unspecified atom stereocenters. The van der Waals surface area contributed by atoms with Crippen LogP contribution in [0.1, 0.15) is 35.3 Å². The number of fused-ring (bicyclic) bond motifs is 3. The van der Waals surface area contributed by atoms with Gasteiger partial charge in [-0.1, -0.05) is 61.0 Å². The lowest BCUT2D eigenvalue weighted by Gasteiger charge is -2.31. The van der Waals surface area contributed by atoms with E-state index in [9.17, 15) is 4.79 Å². The number of rotatable bonds is 4. The van der Waals surface area contributed by atoms with E-state index in [4.69, 9.17) is 16.3 Å². The summed E-state index contributed by atoms with van der Waals surface area (Å²) in [6, 6.07) is 25.5. The Morgan fingerprint density at radius 3 is 2.62 bits per heavy atom. The van der Waals surface area contributed by atoms with Gasteiger partial charge in [-0.3, -0.25) is 0 Å². The molecule has 1 N–H and O–H groups in total. The van der Waals surface area contributed by atoms with Crippen molar-refractivity contribution in [2.45, 2.75) is 25.9 Å². The molecule has 1 atom stereocenters. The van der Waals surface area contributed by atoms with Crippen LogP contribution in [0.2, 0.25) is 5.02 Å². The molecule has 3 aromatic carbocycles. The predicted octanol–water partition coefficient (Wildman–Crippen LogP) is 6.84. The SMILES string of the molecule is CCc1ccc([C@H]2c3cccn3-c3ccccc3CN2C(=O)Nc2cc(Cl)ccc2OC)cc1. The minimum absolute atomic E-state index is 0.227. The number of para-hydroxylation sites is 1. The molecule has 1 aliphatic rings. The van der Waals surface area contributed by atoms with Crippen LogP contribution >= 0.6 is 11.6 Å². The molecule has 5 nitrogen and oxygen atoms in total. The van der Waals surface area contributed by atoms with Crippen molar-refractivity contribution in [1.82, 2.24) is 9.47 Å². The van der Waals surface area contributed by atoms with Gasteiger partial charge in [-0.15, -0.1) is 0 Å². The Kier molecular flexibility index (Phi) is 6.03. The summed E-state index contributed by atoms with van der Waals surface area (Å²) >= 11 is 6.22. The number of hydrogen-bond acceptors (Lipinski definition) is 2. The van der Waals surface area contributed by atoms with Crippen LogP contribution in [0.25, 0.3) is 5.69 Å². The summed E-state index contributed by atoms with van der Waals surface area (Å²) in [5.74, 6) is 0.556. The molecule has 34 heavy (non-hydrogen) atoms. The van der Waals surface area contributed by atoms with Crippen molar-refractivity contribution in [1.29, 1.82) is 0 Å². The van der Waals surface area contributed by atoms with Crippen molar-refractivity contribution in [3.8, 4) is 11.4 Å². The van der Waals surface area contributed by atoms with Crippen LogP contribution in [0, 0.1) is 0 Å². The number of nitrogens with zero attached hydrogens (tertiary/aromatic N) is 2. The molecule has 2 heterocycles. The van der Waals surface area contributed by atoms with E-state index in [0.717, 1.165) is 28.9 Å². The number of ether oxygens (including phenoxy) is 1. The summed E-state index contributed by atoms with van der Waals surface area (Å²) in [4.78, 5) is 15.7. The second kappa shape index (κ2) is 9.27. The molecule has 0 bridgehead atoms. The maximum Gasteiger partial charge on any atom is 0.323 e. The van der Waals surface area contributed by atoms with Gasteiger partial charge < -0.3 is 19.5 Å². The molecule has 2 amide bonds. The van der Waals surface area contributed by atoms with E-state index in [1.54, 1.807) is 25.3 Å². The van der Waals surface area contributed by atoms with Crippen LogP contribution < -0.4 is 10.1 Å². The number of carbonyl (C=O) groups excluding carboxylic acids is 1. The zero-order chi connectivity index (χ0) is 23.7. The Labute approximate surface area is 204 Å². The Bertz CT molecular complexity index is 1330. The summed E-state index contributed by atoms with van der Waals surface area (Å²) in [7, 11) is 1.58. The zero-order valence-corrected chi connectivity index (χ0v) is 19.9. The number of anilines is 1. The van der Waals surface area contributed by atoms with E-state index in [0.29, 0.717) is 23.0 Å². The molecule has 172 valence electrons. The zero-order valence-electron chi connectivity index (χ0n) is 19.2. The maximum atomic E-state index is 13.9. The second-order valence-corrected chi connectivity index (χ2v) is 8.77. The van der Waals surface area contributed by atoms with Crippen molar-refractivity contribution >= 4 is 23.3 Å². The first-order valence-electron chi connectivity index (χ1n) is 11.3. The molecular formula is C28H26ClN3O2. The van der Waals surface area contributed by atoms with Gasteiger partial charge in [0, 0.05) is 16.9 Å². The van der Waals surface area contributed by atoms with Crippen LogP contribution in [0.3, 0.4) is 0 Å². The van der Waals surface area contributed by atoms with E-state index >= 15 is 0 Å². The fraction of sp³-hybridized carbons (Fsp3) is 0.179. The fourth-order valence-corrected chi connectivity index (χ4v) is 4.76. The van der Waals surface area contributed by atoms with Gasteiger partial charge in [-0.25, -0.2) is 4.79 Å². The quantitative estimate of drug-likeness (QED) is 0.354. The third-order valence-electron chi connectivity index (χ3n) is 6.33. The molecule has 0 spiro atoms. The minimum Gasteiger partial charge on any atom is -0.495 e. The number of nitrogens with one attached hydrogen (secondary N) is 1. The Balaban J connectivity index is 1.62. The van der Waals surface area contributed by atoms with Gasteiger partial charge >= 0.3 is 6.03 Å².